The van der Waals surface area contributed by atoms with Crippen LogP contribution in [0.4, 0.5) is 0 Å². The van der Waals surface area contributed by atoms with Crippen LogP contribution in [0.3, 0.4) is 0 Å². The van der Waals surface area contributed by atoms with Gasteiger partial charge in [0.25, 0.3) is 0 Å². The second kappa shape index (κ2) is 6.07. The Hall–Kier alpha value is -1.84. The van der Waals surface area contributed by atoms with Gasteiger partial charge in [-0.15, -0.1) is 0 Å². The highest BCUT2D eigenvalue weighted by atomic mass is 16.2. The minimum atomic E-state index is -0.552. The molecule has 0 radical (unpaired) electrons. The lowest BCUT2D eigenvalue weighted by molar-refractivity contribution is -0.151. The van der Waals surface area contributed by atoms with Gasteiger partial charge in [0.15, 0.2) is 0 Å². The lowest BCUT2D eigenvalue weighted by Crippen LogP contribution is -2.61. The normalized spacial score (nSPS) is 24.4. The van der Waals surface area contributed by atoms with Crippen molar-refractivity contribution in [2.75, 3.05) is 6.54 Å². The van der Waals surface area contributed by atoms with Crippen molar-refractivity contribution in [1.29, 1.82) is 0 Å². The SMILES string of the molecule is CCC(C)C1C(=O)NC(c2ccccc2)C(=O)N1CC. The monoisotopic (exact) mass is 274 g/mol. The van der Waals surface area contributed by atoms with E-state index in [0.29, 0.717) is 6.54 Å². The molecule has 3 unspecified atom stereocenters. The molecule has 0 saturated carbocycles. The summed E-state index contributed by atoms with van der Waals surface area (Å²) < 4.78 is 0. The summed E-state index contributed by atoms with van der Waals surface area (Å²) in [6.45, 7) is 6.54. The van der Waals surface area contributed by atoms with Gasteiger partial charge in [0.05, 0.1) is 0 Å². The molecule has 0 aromatic heterocycles. The lowest BCUT2D eigenvalue weighted by atomic mass is 9.91. The van der Waals surface area contributed by atoms with Gasteiger partial charge in [0, 0.05) is 6.54 Å². The smallest absolute Gasteiger partial charge is 0.250 e. The molecule has 1 saturated heterocycles. The minimum Gasteiger partial charge on any atom is -0.339 e. The Morgan fingerprint density at radius 3 is 2.40 bits per heavy atom. The molecule has 108 valence electrons. The molecule has 1 heterocycles. The third kappa shape index (κ3) is 2.55. The van der Waals surface area contributed by atoms with Crippen LogP contribution in [0.2, 0.25) is 0 Å². The number of nitrogens with one attached hydrogen (secondary N) is 1. The van der Waals surface area contributed by atoms with Gasteiger partial charge in [-0.05, 0) is 18.4 Å². The fourth-order valence-electron chi connectivity index (χ4n) is 2.75. The number of nitrogens with zero attached hydrogens (tertiary/aromatic N) is 1. The maximum absolute atomic E-state index is 12.6. The summed E-state index contributed by atoms with van der Waals surface area (Å²) in [4.78, 5) is 26.7. The second-order valence-electron chi connectivity index (χ2n) is 5.31. The highest BCUT2D eigenvalue weighted by molar-refractivity contribution is 5.97. The highest BCUT2D eigenvalue weighted by Crippen LogP contribution is 2.26. The van der Waals surface area contributed by atoms with Crippen molar-refractivity contribution in [1.82, 2.24) is 10.2 Å². The molecule has 0 spiro atoms. The maximum Gasteiger partial charge on any atom is 0.250 e. The Labute approximate surface area is 120 Å². The Morgan fingerprint density at radius 1 is 1.20 bits per heavy atom. The summed E-state index contributed by atoms with van der Waals surface area (Å²) >= 11 is 0. The van der Waals surface area contributed by atoms with E-state index in [2.05, 4.69) is 5.32 Å². The fraction of sp³-hybridized carbons (Fsp3) is 0.500. The van der Waals surface area contributed by atoms with Crippen LogP contribution < -0.4 is 5.32 Å². The van der Waals surface area contributed by atoms with Gasteiger partial charge in [0.1, 0.15) is 12.1 Å². The summed E-state index contributed by atoms with van der Waals surface area (Å²) in [5.41, 5.74) is 0.840. The molecule has 0 aliphatic carbocycles. The predicted octanol–water partition coefficient (Wildman–Crippen LogP) is 2.12. The molecule has 1 aliphatic heterocycles. The van der Waals surface area contributed by atoms with Gasteiger partial charge in [-0.2, -0.15) is 0 Å². The molecule has 2 amide bonds. The van der Waals surface area contributed by atoms with Crippen molar-refractivity contribution in [3.8, 4) is 0 Å². The number of hydrogen-bond acceptors (Lipinski definition) is 2. The highest BCUT2D eigenvalue weighted by Gasteiger charge is 2.42. The summed E-state index contributed by atoms with van der Waals surface area (Å²) in [5.74, 6) is 0.105. The maximum atomic E-state index is 12.6. The molecular formula is C16H22N2O2. The Balaban J connectivity index is 2.30. The summed E-state index contributed by atoms with van der Waals surface area (Å²) in [6.07, 6.45) is 0.873. The van der Waals surface area contributed by atoms with E-state index in [1.54, 1.807) is 4.90 Å². The number of rotatable bonds is 4. The van der Waals surface area contributed by atoms with Crippen LogP contribution in [0.1, 0.15) is 38.8 Å². The molecule has 2 rings (SSSR count). The molecular weight excluding hydrogens is 252 g/mol. The first-order chi connectivity index (χ1) is 9.60. The van der Waals surface area contributed by atoms with Crippen LogP contribution in [0.15, 0.2) is 30.3 Å². The lowest BCUT2D eigenvalue weighted by Gasteiger charge is -2.41. The van der Waals surface area contributed by atoms with E-state index in [9.17, 15) is 9.59 Å². The zero-order valence-corrected chi connectivity index (χ0v) is 12.3. The topological polar surface area (TPSA) is 49.4 Å². The fourth-order valence-corrected chi connectivity index (χ4v) is 2.75. The van der Waals surface area contributed by atoms with Crippen molar-refractivity contribution in [3.05, 3.63) is 35.9 Å². The Kier molecular flexibility index (Phi) is 4.42. The van der Waals surface area contributed by atoms with Crippen molar-refractivity contribution in [2.45, 2.75) is 39.3 Å². The van der Waals surface area contributed by atoms with Crippen LogP contribution in [0.25, 0.3) is 0 Å². The number of likely N-dealkylation sites (N-methyl/N-ethyl adjacent to an activating group) is 1. The molecule has 20 heavy (non-hydrogen) atoms. The third-order valence-electron chi connectivity index (χ3n) is 4.08. The Morgan fingerprint density at radius 2 is 1.85 bits per heavy atom. The molecule has 1 fully saturated rings. The van der Waals surface area contributed by atoms with E-state index >= 15 is 0 Å². The van der Waals surface area contributed by atoms with Crippen LogP contribution in [0.5, 0.6) is 0 Å². The van der Waals surface area contributed by atoms with E-state index in [4.69, 9.17) is 0 Å². The van der Waals surface area contributed by atoms with E-state index in [1.165, 1.54) is 0 Å². The quantitative estimate of drug-likeness (QED) is 0.914. The molecule has 1 aromatic carbocycles. The van der Waals surface area contributed by atoms with Crippen molar-refractivity contribution >= 4 is 11.8 Å². The van der Waals surface area contributed by atoms with Crippen molar-refractivity contribution < 1.29 is 9.59 Å². The molecule has 1 N–H and O–H groups in total. The van der Waals surface area contributed by atoms with E-state index in [0.717, 1.165) is 12.0 Å². The first kappa shape index (κ1) is 14.6. The Bertz CT molecular complexity index is 487. The first-order valence-electron chi connectivity index (χ1n) is 7.25. The number of amides is 2. The van der Waals surface area contributed by atoms with Crippen molar-refractivity contribution in [3.63, 3.8) is 0 Å². The third-order valence-corrected chi connectivity index (χ3v) is 4.08. The predicted molar refractivity (Wildman–Crippen MR) is 78.0 cm³/mol. The average Bonchev–Trinajstić information content (AvgIpc) is 2.48. The van der Waals surface area contributed by atoms with E-state index in [-0.39, 0.29) is 23.8 Å². The zero-order chi connectivity index (χ0) is 14.7. The standard InChI is InChI=1S/C16H22N2O2/c1-4-11(3)14-15(19)17-13(16(20)18(14)5-2)12-9-7-6-8-10-12/h6-11,13-14H,4-5H2,1-3H3,(H,17,19). The summed E-state index contributed by atoms with van der Waals surface area (Å²) in [7, 11) is 0. The van der Waals surface area contributed by atoms with Crippen molar-refractivity contribution in [2.24, 2.45) is 5.92 Å². The number of hydrogen-bond donors (Lipinski definition) is 1. The van der Waals surface area contributed by atoms with Gasteiger partial charge >= 0.3 is 0 Å². The second-order valence-corrected chi connectivity index (χ2v) is 5.31. The van der Waals surface area contributed by atoms with Gasteiger partial charge in [-0.25, -0.2) is 0 Å². The molecule has 4 heteroatoms. The van der Waals surface area contributed by atoms with Gasteiger partial charge in [0.2, 0.25) is 11.8 Å². The van der Waals surface area contributed by atoms with E-state index in [1.807, 2.05) is 51.1 Å². The first-order valence-corrected chi connectivity index (χ1v) is 7.25. The van der Waals surface area contributed by atoms with Crippen LogP contribution >= 0.6 is 0 Å². The van der Waals surface area contributed by atoms with Gasteiger partial charge in [-0.3, -0.25) is 9.59 Å². The van der Waals surface area contributed by atoms with Crippen LogP contribution in [-0.4, -0.2) is 29.3 Å². The molecule has 3 atom stereocenters. The van der Waals surface area contributed by atoms with E-state index < -0.39 is 6.04 Å². The summed E-state index contributed by atoms with van der Waals surface area (Å²) in [6, 6.07) is 8.51. The molecule has 0 bridgehead atoms. The summed E-state index contributed by atoms with van der Waals surface area (Å²) in [5, 5.41) is 2.88. The largest absolute Gasteiger partial charge is 0.339 e. The number of benzene rings is 1. The molecule has 4 nitrogen and oxygen atoms in total. The van der Waals surface area contributed by atoms with Crippen LogP contribution in [-0.2, 0) is 9.59 Å². The number of carbonyl (C=O) groups is 2. The number of carbonyl (C=O) groups excluding carboxylic acids is 2. The van der Waals surface area contributed by atoms with Crippen LogP contribution in [0, 0.1) is 5.92 Å². The van der Waals surface area contributed by atoms with Gasteiger partial charge in [-0.1, -0.05) is 50.6 Å². The minimum absolute atomic E-state index is 0.0106. The molecule has 1 aromatic rings. The average molecular weight is 274 g/mol. The zero-order valence-electron chi connectivity index (χ0n) is 12.3. The van der Waals surface area contributed by atoms with Gasteiger partial charge < -0.3 is 10.2 Å². The molecule has 1 aliphatic rings. The number of piperazine rings is 1.